The Hall–Kier alpha value is -3.32. The van der Waals surface area contributed by atoms with Crippen molar-refractivity contribution in [1.29, 1.82) is 0 Å². The van der Waals surface area contributed by atoms with Crippen LogP contribution in [0, 0.1) is 11.6 Å². The van der Waals surface area contributed by atoms with Crippen molar-refractivity contribution in [1.82, 2.24) is 9.97 Å². The van der Waals surface area contributed by atoms with Gasteiger partial charge in [0, 0.05) is 16.1 Å². The Morgan fingerprint density at radius 3 is 2.71 bits per heavy atom. The van der Waals surface area contributed by atoms with Gasteiger partial charge in [0.05, 0.1) is 18.1 Å². The molecule has 0 amide bonds. The van der Waals surface area contributed by atoms with Crippen LogP contribution in [-0.2, 0) is 6.61 Å². The zero-order chi connectivity index (χ0) is 22.0. The van der Waals surface area contributed by atoms with Gasteiger partial charge in [0.2, 0.25) is 0 Å². The second-order valence-corrected chi connectivity index (χ2v) is 7.51. The van der Waals surface area contributed by atoms with Gasteiger partial charge < -0.3 is 9.84 Å². The van der Waals surface area contributed by atoms with Gasteiger partial charge in [-0.1, -0.05) is 11.6 Å². The van der Waals surface area contributed by atoms with Crippen LogP contribution in [0.15, 0.2) is 48.8 Å². The van der Waals surface area contributed by atoms with E-state index in [1.807, 2.05) is 0 Å². The van der Waals surface area contributed by atoms with Crippen LogP contribution in [0.5, 0.6) is 5.75 Å². The van der Waals surface area contributed by atoms with E-state index in [1.54, 1.807) is 18.2 Å². The first-order valence-corrected chi connectivity index (χ1v) is 9.94. The van der Waals surface area contributed by atoms with Gasteiger partial charge in [0.1, 0.15) is 24.0 Å². The summed E-state index contributed by atoms with van der Waals surface area (Å²) in [7, 11) is 0. The first-order valence-electron chi connectivity index (χ1n) is 9.57. The molecule has 8 heteroatoms. The molecule has 5 nitrogen and oxygen atoms in total. The van der Waals surface area contributed by atoms with Crippen molar-refractivity contribution in [2.45, 2.75) is 25.9 Å². The maximum absolute atomic E-state index is 14.0. The molecule has 0 saturated heterocycles. The quantitative estimate of drug-likeness (QED) is 0.524. The fraction of sp³-hybridized carbons (Fsp3) is 0.174. The number of rotatable bonds is 6. The average Bonchev–Trinajstić information content (AvgIpc) is 3.25. The molecule has 0 aliphatic heterocycles. The van der Waals surface area contributed by atoms with Crippen LogP contribution in [0.25, 0.3) is 11.1 Å². The number of carboxylic acids is 1. The Labute approximate surface area is 182 Å². The van der Waals surface area contributed by atoms with Crippen LogP contribution in [0.3, 0.4) is 0 Å². The zero-order valence-electron chi connectivity index (χ0n) is 16.2. The monoisotopic (exact) mass is 442 g/mol. The van der Waals surface area contributed by atoms with Gasteiger partial charge in [-0.15, -0.1) is 0 Å². The van der Waals surface area contributed by atoms with Gasteiger partial charge in [-0.25, -0.2) is 18.6 Å². The largest absolute Gasteiger partial charge is 0.488 e. The first kappa shape index (κ1) is 20.9. The summed E-state index contributed by atoms with van der Waals surface area (Å²) in [5.74, 6) is -1.80. The molecule has 31 heavy (non-hydrogen) atoms. The lowest BCUT2D eigenvalue weighted by Crippen LogP contribution is -2.04. The Morgan fingerprint density at radius 1 is 1.10 bits per heavy atom. The van der Waals surface area contributed by atoms with Crippen LogP contribution in [0.4, 0.5) is 8.78 Å². The van der Waals surface area contributed by atoms with Crippen molar-refractivity contribution in [2.75, 3.05) is 0 Å². The number of aromatic carboxylic acids is 1. The van der Waals surface area contributed by atoms with E-state index in [0.717, 1.165) is 35.8 Å². The van der Waals surface area contributed by atoms with E-state index in [9.17, 15) is 18.7 Å². The second-order valence-electron chi connectivity index (χ2n) is 7.07. The van der Waals surface area contributed by atoms with Gasteiger partial charge in [0.25, 0.3) is 0 Å². The summed E-state index contributed by atoms with van der Waals surface area (Å²) in [5.41, 5.74) is 2.92. The molecule has 0 bridgehead atoms. The van der Waals surface area contributed by atoms with Crippen LogP contribution < -0.4 is 4.74 Å². The van der Waals surface area contributed by atoms with Crippen LogP contribution in [-0.4, -0.2) is 21.0 Å². The molecular formula is C23H17ClF2N2O3. The van der Waals surface area contributed by atoms with Gasteiger partial charge >= 0.3 is 5.97 Å². The summed E-state index contributed by atoms with van der Waals surface area (Å²) >= 11 is 6.23. The first-order chi connectivity index (χ1) is 14.9. The van der Waals surface area contributed by atoms with Crippen molar-refractivity contribution < 1.29 is 23.4 Å². The van der Waals surface area contributed by atoms with Crippen LogP contribution >= 0.6 is 11.6 Å². The van der Waals surface area contributed by atoms with Crippen LogP contribution in [0.2, 0.25) is 5.02 Å². The molecule has 0 spiro atoms. The third-order valence-electron chi connectivity index (χ3n) is 5.04. The lowest BCUT2D eigenvalue weighted by Gasteiger charge is -2.15. The SMILES string of the molecule is O=C(O)c1cncc(C2=C(c3cc(Cl)ccc3OCc3cc(F)ccc3F)CCC2)n1. The average molecular weight is 443 g/mol. The Morgan fingerprint density at radius 2 is 1.90 bits per heavy atom. The molecule has 0 radical (unpaired) electrons. The topological polar surface area (TPSA) is 72.3 Å². The molecule has 4 rings (SSSR count). The number of halogens is 3. The summed E-state index contributed by atoms with van der Waals surface area (Å²) in [5, 5.41) is 9.71. The number of hydrogen-bond donors (Lipinski definition) is 1. The van der Waals surface area contributed by atoms with E-state index in [4.69, 9.17) is 16.3 Å². The van der Waals surface area contributed by atoms with E-state index in [2.05, 4.69) is 9.97 Å². The Balaban J connectivity index is 1.72. The van der Waals surface area contributed by atoms with E-state index in [1.165, 1.54) is 12.4 Å². The molecule has 1 aliphatic carbocycles. The van der Waals surface area contributed by atoms with Crippen molar-refractivity contribution in [2.24, 2.45) is 0 Å². The minimum absolute atomic E-state index is 0.0987. The number of allylic oxidation sites excluding steroid dienone is 2. The number of carbonyl (C=O) groups is 1. The summed E-state index contributed by atoms with van der Waals surface area (Å²) in [6, 6.07) is 8.28. The molecule has 1 heterocycles. The summed E-state index contributed by atoms with van der Waals surface area (Å²) < 4.78 is 33.3. The molecular weight excluding hydrogens is 426 g/mol. The number of aromatic nitrogens is 2. The summed E-state index contributed by atoms with van der Waals surface area (Å²) in [6.07, 6.45) is 4.97. The normalized spacial score (nSPS) is 13.5. The number of ether oxygens (including phenoxy) is 1. The lowest BCUT2D eigenvalue weighted by atomic mass is 9.99. The predicted molar refractivity (Wildman–Crippen MR) is 112 cm³/mol. The molecule has 1 N–H and O–H groups in total. The number of carboxylic acid groups (broad SMARTS) is 1. The van der Waals surface area contributed by atoms with Gasteiger partial charge in [-0.2, -0.15) is 0 Å². The fourth-order valence-electron chi connectivity index (χ4n) is 3.61. The molecule has 158 valence electrons. The highest BCUT2D eigenvalue weighted by atomic mass is 35.5. The van der Waals surface area contributed by atoms with Crippen molar-refractivity contribution in [3.05, 3.63) is 88.0 Å². The molecule has 0 fully saturated rings. The fourth-order valence-corrected chi connectivity index (χ4v) is 3.78. The number of nitrogens with zero attached hydrogens (tertiary/aromatic N) is 2. The Kier molecular flexibility index (Phi) is 5.95. The molecule has 0 saturated carbocycles. The maximum Gasteiger partial charge on any atom is 0.356 e. The summed E-state index contributed by atoms with van der Waals surface area (Å²) in [6.45, 7) is -0.158. The summed E-state index contributed by atoms with van der Waals surface area (Å²) in [4.78, 5) is 19.5. The highest BCUT2D eigenvalue weighted by molar-refractivity contribution is 6.30. The minimum atomic E-state index is -1.15. The smallest absolute Gasteiger partial charge is 0.356 e. The van der Waals surface area contributed by atoms with Crippen molar-refractivity contribution in [3.63, 3.8) is 0 Å². The Bertz CT molecular complexity index is 1200. The maximum atomic E-state index is 14.0. The van der Waals surface area contributed by atoms with Crippen LogP contribution in [0.1, 0.15) is 46.6 Å². The third kappa shape index (κ3) is 4.56. The molecule has 2 aromatic carbocycles. The molecule has 1 aliphatic rings. The van der Waals surface area contributed by atoms with E-state index in [0.29, 0.717) is 34.9 Å². The predicted octanol–water partition coefficient (Wildman–Crippen LogP) is 5.78. The molecule has 1 aromatic heterocycles. The molecule has 0 atom stereocenters. The lowest BCUT2D eigenvalue weighted by molar-refractivity contribution is 0.0690. The zero-order valence-corrected chi connectivity index (χ0v) is 17.0. The van der Waals surface area contributed by atoms with E-state index < -0.39 is 17.6 Å². The third-order valence-corrected chi connectivity index (χ3v) is 5.27. The van der Waals surface area contributed by atoms with E-state index in [-0.39, 0.29) is 17.9 Å². The van der Waals surface area contributed by atoms with E-state index >= 15 is 0 Å². The van der Waals surface area contributed by atoms with Crippen molar-refractivity contribution >= 4 is 28.7 Å². The minimum Gasteiger partial charge on any atom is -0.488 e. The van der Waals surface area contributed by atoms with Gasteiger partial charge in [0.15, 0.2) is 5.69 Å². The standard InChI is InChI=1S/C23H17ClF2N2O3/c24-14-4-7-22(31-12-13-8-15(25)5-6-19(13)26)18(9-14)16-2-1-3-17(16)20-10-27-11-21(28-20)23(29)30/h4-11H,1-3,12H2,(H,29,30). The highest BCUT2D eigenvalue weighted by Crippen LogP contribution is 2.43. The highest BCUT2D eigenvalue weighted by Gasteiger charge is 2.23. The number of benzene rings is 2. The second kappa shape index (κ2) is 8.81. The van der Waals surface area contributed by atoms with Gasteiger partial charge in [-0.3, -0.25) is 4.98 Å². The van der Waals surface area contributed by atoms with Crippen molar-refractivity contribution in [3.8, 4) is 5.75 Å². The molecule has 3 aromatic rings. The number of hydrogen-bond acceptors (Lipinski definition) is 4. The van der Waals surface area contributed by atoms with Gasteiger partial charge in [-0.05, 0) is 66.8 Å². The molecule has 0 unspecified atom stereocenters.